The first kappa shape index (κ1) is 16.5. The number of halogens is 2. The van der Waals surface area contributed by atoms with E-state index in [0.717, 1.165) is 11.8 Å². The third-order valence-electron chi connectivity index (χ3n) is 3.59. The molecule has 0 saturated carbocycles. The van der Waals surface area contributed by atoms with Crippen LogP contribution in [0.15, 0.2) is 42.7 Å². The van der Waals surface area contributed by atoms with Gasteiger partial charge in [0.25, 0.3) is 0 Å². The zero-order valence-corrected chi connectivity index (χ0v) is 12.6. The van der Waals surface area contributed by atoms with Crippen molar-refractivity contribution >= 4 is 0 Å². The lowest BCUT2D eigenvalue weighted by atomic mass is 10.0. The van der Waals surface area contributed by atoms with Crippen molar-refractivity contribution in [2.24, 2.45) is 0 Å². The summed E-state index contributed by atoms with van der Waals surface area (Å²) in [5.41, 5.74) is 1.43. The number of aliphatic hydroxyl groups is 1. The van der Waals surface area contributed by atoms with Crippen LogP contribution in [0.5, 0.6) is 0 Å². The van der Waals surface area contributed by atoms with Crippen LogP contribution in [0.3, 0.4) is 0 Å². The van der Waals surface area contributed by atoms with Crippen molar-refractivity contribution in [1.82, 2.24) is 10.3 Å². The molecule has 0 aliphatic heterocycles. The van der Waals surface area contributed by atoms with E-state index in [1.165, 1.54) is 18.2 Å². The highest BCUT2D eigenvalue weighted by Gasteiger charge is 2.15. The van der Waals surface area contributed by atoms with Gasteiger partial charge in [-0.25, -0.2) is 8.78 Å². The Labute approximate surface area is 129 Å². The Morgan fingerprint density at radius 1 is 1.05 bits per heavy atom. The van der Waals surface area contributed by atoms with E-state index in [4.69, 9.17) is 0 Å². The van der Waals surface area contributed by atoms with Gasteiger partial charge in [-0.15, -0.1) is 0 Å². The van der Waals surface area contributed by atoms with Crippen LogP contribution in [0.25, 0.3) is 0 Å². The lowest BCUT2D eigenvalue weighted by molar-refractivity contribution is 0.152. The van der Waals surface area contributed by atoms with Gasteiger partial charge in [0.15, 0.2) is 0 Å². The molecule has 3 unspecified atom stereocenters. The average Bonchev–Trinajstić information content (AvgIpc) is 2.47. The van der Waals surface area contributed by atoms with Gasteiger partial charge in [0.1, 0.15) is 11.6 Å². The summed E-state index contributed by atoms with van der Waals surface area (Å²) < 4.78 is 26.0. The first-order chi connectivity index (χ1) is 10.5. The number of aromatic nitrogens is 1. The van der Waals surface area contributed by atoms with Crippen LogP contribution < -0.4 is 5.32 Å². The average molecular weight is 306 g/mol. The van der Waals surface area contributed by atoms with Crippen LogP contribution in [-0.2, 0) is 0 Å². The zero-order valence-electron chi connectivity index (χ0n) is 12.6. The maximum absolute atomic E-state index is 13.2. The van der Waals surface area contributed by atoms with E-state index in [2.05, 4.69) is 10.3 Å². The number of nitrogens with zero attached hydrogens (tertiary/aromatic N) is 1. The van der Waals surface area contributed by atoms with Crippen molar-refractivity contribution in [3.63, 3.8) is 0 Å². The molecule has 0 fully saturated rings. The summed E-state index contributed by atoms with van der Waals surface area (Å²) in [6.07, 6.45) is 2.57. The summed E-state index contributed by atoms with van der Waals surface area (Å²) in [6.45, 7) is 3.85. The molecule has 118 valence electrons. The van der Waals surface area contributed by atoms with Crippen LogP contribution in [0.2, 0.25) is 0 Å². The summed E-state index contributed by atoms with van der Waals surface area (Å²) in [4.78, 5) is 3.83. The molecule has 0 amide bonds. The van der Waals surface area contributed by atoms with Gasteiger partial charge in [-0.05, 0) is 49.6 Å². The molecule has 3 nitrogen and oxygen atoms in total. The number of hydrogen-bond donors (Lipinski definition) is 2. The second-order valence-corrected chi connectivity index (χ2v) is 5.53. The molecule has 5 heteroatoms. The van der Waals surface area contributed by atoms with E-state index in [1.807, 2.05) is 13.8 Å². The van der Waals surface area contributed by atoms with Crippen LogP contribution in [0, 0.1) is 11.6 Å². The molecule has 2 rings (SSSR count). The SMILES string of the molecule is CC(CC(O)c1ccc(F)cc1)NC(C)c1cncc(F)c1. The number of hydrogen-bond acceptors (Lipinski definition) is 3. The van der Waals surface area contributed by atoms with Gasteiger partial charge < -0.3 is 10.4 Å². The number of pyridine rings is 1. The molecule has 0 aliphatic carbocycles. The van der Waals surface area contributed by atoms with Gasteiger partial charge in [0.2, 0.25) is 0 Å². The molecular weight excluding hydrogens is 286 g/mol. The summed E-state index contributed by atoms with van der Waals surface area (Å²) >= 11 is 0. The van der Waals surface area contributed by atoms with Crippen molar-refractivity contribution < 1.29 is 13.9 Å². The lowest BCUT2D eigenvalue weighted by Gasteiger charge is -2.22. The smallest absolute Gasteiger partial charge is 0.141 e. The van der Waals surface area contributed by atoms with Crippen LogP contribution in [0.1, 0.15) is 43.5 Å². The minimum atomic E-state index is -0.680. The number of nitrogens with one attached hydrogen (secondary N) is 1. The van der Waals surface area contributed by atoms with E-state index in [-0.39, 0.29) is 23.7 Å². The third-order valence-corrected chi connectivity index (χ3v) is 3.59. The third kappa shape index (κ3) is 4.58. The highest BCUT2D eigenvalue weighted by atomic mass is 19.1. The van der Waals surface area contributed by atoms with Gasteiger partial charge in [0, 0.05) is 18.3 Å². The Kier molecular flexibility index (Phi) is 5.57. The molecule has 0 radical (unpaired) electrons. The maximum atomic E-state index is 13.2. The molecule has 2 aromatic rings. The van der Waals surface area contributed by atoms with Crippen molar-refractivity contribution in [3.8, 4) is 0 Å². The van der Waals surface area contributed by atoms with E-state index < -0.39 is 6.10 Å². The second kappa shape index (κ2) is 7.42. The maximum Gasteiger partial charge on any atom is 0.141 e. The van der Waals surface area contributed by atoms with Gasteiger partial charge in [-0.3, -0.25) is 4.98 Å². The molecule has 0 bridgehead atoms. The zero-order chi connectivity index (χ0) is 16.1. The number of aliphatic hydroxyl groups excluding tert-OH is 1. The fourth-order valence-electron chi connectivity index (χ4n) is 2.41. The minimum Gasteiger partial charge on any atom is -0.388 e. The normalized spacial score (nSPS) is 15.3. The Morgan fingerprint density at radius 2 is 1.73 bits per heavy atom. The molecule has 0 spiro atoms. The molecule has 3 atom stereocenters. The molecule has 22 heavy (non-hydrogen) atoms. The minimum absolute atomic E-state index is 0.00156. The predicted molar refractivity (Wildman–Crippen MR) is 81.2 cm³/mol. The van der Waals surface area contributed by atoms with Crippen molar-refractivity contribution in [1.29, 1.82) is 0 Å². The van der Waals surface area contributed by atoms with Crippen LogP contribution in [-0.4, -0.2) is 16.1 Å². The number of benzene rings is 1. The van der Waals surface area contributed by atoms with E-state index in [9.17, 15) is 13.9 Å². The van der Waals surface area contributed by atoms with E-state index in [0.29, 0.717) is 12.0 Å². The van der Waals surface area contributed by atoms with Crippen molar-refractivity contribution in [2.75, 3.05) is 0 Å². The fourth-order valence-corrected chi connectivity index (χ4v) is 2.41. The first-order valence-corrected chi connectivity index (χ1v) is 7.25. The summed E-state index contributed by atoms with van der Waals surface area (Å²) in [7, 11) is 0. The first-order valence-electron chi connectivity index (χ1n) is 7.25. The monoisotopic (exact) mass is 306 g/mol. The molecule has 1 heterocycles. The molecular formula is C17H20F2N2O. The van der Waals surface area contributed by atoms with Crippen LogP contribution in [0.4, 0.5) is 8.78 Å². The Hall–Kier alpha value is -1.85. The quantitative estimate of drug-likeness (QED) is 0.858. The molecule has 0 saturated heterocycles. The molecule has 2 N–H and O–H groups in total. The highest BCUT2D eigenvalue weighted by molar-refractivity contribution is 5.19. The molecule has 1 aromatic heterocycles. The lowest BCUT2D eigenvalue weighted by Crippen LogP contribution is -2.30. The van der Waals surface area contributed by atoms with Gasteiger partial charge in [0.05, 0.1) is 12.3 Å². The topological polar surface area (TPSA) is 45.1 Å². The second-order valence-electron chi connectivity index (χ2n) is 5.53. The highest BCUT2D eigenvalue weighted by Crippen LogP contribution is 2.20. The molecule has 1 aromatic carbocycles. The van der Waals surface area contributed by atoms with Crippen LogP contribution >= 0.6 is 0 Å². The Balaban J connectivity index is 1.91. The van der Waals surface area contributed by atoms with Gasteiger partial charge in [-0.2, -0.15) is 0 Å². The van der Waals surface area contributed by atoms with E-state index >= 15 is 0 Å². The van der Waals surface area contributed by atoms with Gasteiger partial charge in [-0.1, -0.05) is 12.1 Å². The largest absolute Gasteiger partial charge is 0.388 e. The molecule has 0 aliphatic rings. The predicted octanol–water partition coefficient (Wildman–Crippen LogP) is 3.52. The summed E-state index contributed by atoms with van der Waals surface area (Å²) in [5, 5.41) is 13.5. The Bertz CT molecular complexity index is 604. The van der Waals surface area contributed by atoms with Crippen molar-refractivity contribution in [2.45, 2.75) is 38.5 Å². The summed E-state index contributed by atoms with van der Waals surface area (Å²) in [6, 6.07) is 7.17. The van der Waals surface area contributed by atoms with Gasteiger partial charge >= 0.3 is 0 Å². The van der Waals surface area contributed by atoms with E-state index in [1.54, 1.807) is 18.3 Å². The Morgan fingerprint density at radius 3 is 2.36 bits per heavy atom. The van der Waals surface area contributed by atoms with Crippen molar-refractivity contribution in [3.05, 3.63) is 65.5 Å². The fraction of sp³-hybridized carbons (Fsp3) is 0.353. The number of rotatable bonds is 6. The summed E-state index contributed by atoms with van der Waals surface area (Å²) in [5.74, 6) is -0.695. The standard InChI is InChI=1S/C17H20F2N2O/c1-11(7-17(22)13-3-5-15(18)6-4-13)21-12(2)14-8-16(19)10-20-9-14/h3-6,8-12,17,21-22H,7H2,1-2H3.